The van der Waals surface area contributed by atoms with Gasteiger partial charge in [0, 0.05) is 25.9 Å². The van der Waals surface area contributed by atoms with Gasteiger partial charge in [-0.3, -0.25) is 0 Å². The third-order valence-corrected chi connectivity index (χ3v) is 3.06. The number of nitrogens with two attached hydrogens (primary N) is 1. The molecular weight excluding hydrogens is 246 g/mol. The largest absolute Gasteiger partial charge is 0.409 e. The molecule has 19 heavy (non-hydrogen) atoms. The molecule has 1 aromatic heterocycles. The maximum atomic E-state index is 8.71. The maximum absolute atomic E-state index is 8.71. The van der Waals surface area contributed by atoms with Crippen molar-refractivity contribution in [3.05, 3.63) is 17.5 Å². The van der Waals surface area contributed by atoms with Crippen LogP contribution in [0.3, 0.4) is 0 Å². The third-order valence-electron chi connectivity index (χ3n) is 3.06. The van der Waals surface area contributed by atoms with Crippen molar-refractivity contribution in [1.29, 1.82) is 0 Å². The van der Waals surface area contributed by atoms with Gasteiger partial charge in [-0.2, -0.15) is 0 Å². The Hall–Kier alpha value is -1.89. The number of hydrogen-bond donors (Lipinski definition) is 2. The van der Waals surface area contributed by atoms with Crippen LogP contribution < -0.4 is 10.6 Å². The Morgan fingerprint density at radius 3 is 3.05 bits per heavy atom. The molecule has 0 spiro atoms. The first kappa shape index (κ1) is 13.5. The van der Waals surface area contributed by atoms with Gasteiger partial charge < -0.3 is 20.6 Å². The van der Waals surface area contributed by atoms with Crippen LogP contribution in [-0.4, -0.2) is 47.3 Å². The summed E-state index contributed by atoms with van der Waals surface area (Å²) in [7, 11) is 1.91. The summed E-state index contributed by atoms with van der Waals surface area (Å²) in [6, 6.07) is 1.68. The molecule has 1 aliphatic rings. The predicted molar refractivity (Wildman–Crippen MR) is 71.5 cm³/mol. The normalized spacial score (nSPS) is 19.7. The molecule has 7 nitrogen and oxygen atoms in total. The zero-order chi connectivity index (χ0) is 13.8. The van der Waals surface area contributed by atoms with Crippen molar-refractivity contribution in [1.82, 2.24) is 9.97 Å². The minimum atomic E-state index is -0.0164. The van der Waals surface area contributed by atoms with Gasteiger partial charge in [0.05, 0.1) is 6.10 Å². The molecule has 2 heterocycles. The lowest BCUT2D eigenvalue weighted by molar-refractivity contribution is 0.116. The van der Waals surface area contributed by atoms with Gasteiger partial charge in [0.2, 0.25) is 5.95 Å². The van der Waals surface area contributed by atoms with E-state index in [1.54, 1.807) is 6.07 Å². The summed E-state index contributed by atoms with van der Waals surface area (Å²) >= 11 is 0. The van der Waals surface area contributed by atoms with Crippen molar-refractivity contribution in [2.45, 2.75) is 25.9 Å². The highest BCUT2D eigenvalue weighted by Gasteiger charge is 2.19. The number of aryl methyl sites for hydroxylation is 1. The van der Waals surface area contributed by atoms with Crippen LogP contribution in [0.1, 0.15) is 24.2 Å². The second-order valence-electron chi connectivity index (χ2n) is 4.70. The smallest absolute Gasteiger partial charge is 0.226 e. The molecule has 2 rings (SSSR count). The summed E-state index contributed by atoms with van der Waals surface area (Å²) in [5, 5.41) is 11.7. The quantitative estimate of drug-likeness (QED) is 0.356. The van der Waals surface area contributed by atoms with Gasteiger partial charge in [-0.25, -0.2) is 9.97 Å². The lowest BCUT2D eigenvalue weighted by atomic mass is 10.2. The first-order chi connectivity index (χ1) is 9.10. The third kappa shape index (κ3) is 3.31. The summed E-state index contributed by atoms with van der Waals surface area (Å²) < 4.78 is 5.59. The standard InChI is InChI=1S/C12H19N5O2/c1-8-6-10(11(13)16-18)15-12(14-8)17(2)7-9-4-3-5-19-9/h6,9,18H,3-5,7H2,1-2H3,(H2,13,16). The Balaban J connectivity index is 2.16. The number of anilines is 1. The molecular formula is C12H19N5O2. The lowest BCUT2D eigenvalue weighted by Crippen LogP contribution is -2.30. The summed E-state index contributed by atoms with van der Waals surface area (Å²) in [5.41, 5.74) is 6.75. The van der Waals surface area contributed by atoms with Crippen molar-refractivity contribution < 1.29 is 9.94 Å². The molecule has 0 radical (unpaired) electrons. The van der Waals surface area contributed by atoms with Gasteiger partial charge in [-0.15, -0.1) is 0 Å². The fraction of sp³-hybridized carbons (Fsp3) is 0.583. The van der Waals surface area contributed by atoms with E-state index in [1.807, 2.05) is 18.9 Å². The van der Waals surface area contributed by atoms with Crippen LogP contribution in [0.4, 0.5) is 5.95 Å². The fourth-order valence-corrected chi connectivity index (χ4v) is 2.08. The van der Waals surface area contributed by atoms with E-state index in [1.165, 1.54) is 0 Å². The molecule has 7 heteroatoms. The molecule has 1 aromatic rings. The number of rotatable bonds is 4. The Kier molecular flexibility index (Phi) is 4.16. The Morgan fingerprint density at radius 2 is 2.42 bits per heavy atom. The van der Waals surface area contributed by atoms with Gasteiger partial charge in [-0.05, 0) is 25.8 Å². The summed E-state index contributed by atoms with van der Waals surface area (Å²) in [6.07, 6.45) is 2.38. The molecule has 1 saturated heterocycles. The van der Waals surface area contributed by atoms with Crippen molar-refractivity contribution in [2.24, 2.45) is 10.9 Å². The zero-order valence-corrected chi connectivity index (χ0v) is 11.2. The highest BCUT2D eigenvalue weighted by atomic mass is 16.5. The molecule has 1 aliphatic heterocycles. The minimum Gasteiger partial charge on any atom is -0.409 e. The number of hydrogen-bond acceptors (Lipinski definition) is 6. The van der Waals surface area contributed by atoms with Crippen molar-refractivity contribution in [2.75, 3.05) is 25.1 Å². The average molecular weight is 265 g/mol. The van der Waals surface area contributed by atoms with Crippen molar-refractivity contribution in [3.63, 3.8) is 0 Å². The molecule has 3 N–H and O–H groups in total. The molecule has 1 unspecified atom stereocenters. The summed E-state index contributed by atoms with van der Waals surface area (Å²) in [6.45, 7) is 3.40. The molecule has 1 atom stereocenters. The van der Waals surface area contributed by atoms with Crippen LogP contribution in [0.25, 0.3) is 0 Å². The number of amidine groups is 1. The van der Waals surface area contributed by atoms with E-state index in [2.05, 4.69) is 15.1 Å². The summed E-state index contributed by atoms with van der Waals surface area (Å²) in [5.74, 6) is 0.536. The number of likely N-dealkylation sites (N-methyl/N-ethyl adjacent to an activating group) is 1. The number of aromatic nitrogens is 2. The van der Waals surface area contributed by atoms with Gasteiger partial charge >= 0.3 is 0 Å². The Bertz CT molecular complexity index is 471. The number of ether oxygens (including phenoxy) is 1. The topological polar surface area (TPSA) is 96.9 Å². The Labute approximate surface area is 112 Å². The van der Waals surface area contributed by atoms with E-state index in [-0.39, 0.29) is 11.9 Å². The van der Waals surface area contributed by atoms with Gasteiger partial charge in [0.25, 0.3) is 0 Å². The van der Waals surface area contributed by atoms with Crippen LogP contribution >= 0.6 is 0 Å². The highest BCUT2D eigenvalue weighted by molar-refractivity contribution is 5.95. The van der Waals surface area contributed by atoms with Crippen molar-refractivity contribution in [3.8, 4) is 0 Å². The van der Waals surface area contributed by atoms with Gasteiger partial charge in [0.1, 0.15) is 5.69 Å². The predicted octanol–water partition coefficient (Wildman–Crippen LogP) is 0.495. The Morgan fingerprint density at radius 1 is 1.63 bits per heavy atom. The van der Waals surface area contributed by atoms with Crippen LogP contribution in [0.15, 0.2) is 11.2 Å². The average Bonchev–Trinajstić information content (AvgIpc) is 2.89. The lowest BCUT2D eigenvalue weighted by Gasteiger charge is -2.21. The van der Waals surface area contributed by atoms with E-state index < -0.39 is 0 Å². The van der Waals surface area contributed by atoms with E-state index >= 15 is 0 Å². The van der Waals surface area contributed by atoms with Crippen LogP contribution in [0.2, 0.25) is 0 Å². The molecule has 104 valence electrons. The van der Waals surface area contributed by atoms with E-state index in [9.17, 15) is 0 Å². The summed E-state index contributed by atoms with van der Waals surface area (Å²) in [4.78, 5) is 10.6. The van der Waals surface area contributed by atoms with Crippen LogP contribution in [-0.2, 0) is 4.74 Å². The first-order valence-electron chi connectivity index (χ1n) is 6.26. The van der Waals surface area contributed by atoms with E-state index in [0.29, 0.717) is 11.6 Å². The first-order valence-corrected chi connectivity index (χ1v) is 6.26. The second kappa shape index (κ2) is 5.83. The fourth-order valence-electron chi connectivity index (χ4n) is 2.08. The SMILES string of the molecule is Cc1cc(/C(N)=N/O)nc(N(C)CC2CCCO2)n1. The molecule has 0 saturated carbocycles. The van der Waals surface area contributed by atoms with Crippen LogP contribution in [0.5, 0.6) is 0 Å². The number of nitrogens with zero attached hydrogens (tertiary/aromatic N) is 4. The molecule has 0 amide bonds. The highest BCUT2D eigenvalue weighted by Crippen LogP contribution is 2.16. The van der Waals surface area contributed by atoms with Gasteiger partial charge in [-0.1, -0.05) is 5.16 Å². The molecule has 1 fully saturated rings. The second-order valence-corrected chi connectivity index (χ2v) is 4.70. The zero-order valence-electron chi connectivity index (χ0n) is 11.2. The molecule has 0 bridgehead atoms. The monoisotopic (exact) mass is 265 g/mol. The molecule has 0 aromatic carbocycles. The van der Waals surface area contributed by atoms with Gasteiger partial charge in [0.15, 0.2) is 5.84 Å². The minimum absolute atomic E-state index is 0.0164. The number of oxime groups is 1. The van der Waals surface area contributed by atoms with E-state index in [4.69, 9.17) is 15.7 Å². The maximum Gasteiger partial charge on any atom is 0.226 e. The van der Waals surface area contributed by atoms with E-state index in [0.717, 1.165) is 31.7 Å². The van der Waals surface area contributed by atoms with Crippen molar-refractivity contribution >= 4 is 11.8 Å². The van der Waals surface area contributed by atoms with Crippen LogP contribution in [0, 0.1) is 6.92 Å². The molecule has 0 aliphatic carbocycles.